The highest BCUT2D eigenvalue weighted by molar-refractivity contribution is 5.76. The van der Waals surface area contributed by atoms with Crippen molar-refractivity contribution in [1.29, 1.82) is 0 Å². The summed E-state index contributed by atoms with van der Waals surface area (Å²) in [5.74, 6) is 0.576. The quantitative estimate of drug-likeness (QED) is 0.0325. The number of nitrogens with one attached hydrogen (secondary N) is 1. The molecule has 7 N–H and O–H groups in total. The average molecular weight is 788 g/mol. The van der Waals surface area contributed by atoms with Crippen molar-refractivity contribution < 1.29 is 49.6 Å². The van der Waals surface area contributed by atoms with E-state index in [9.17, 15) is 35.4 Å². The van der Waals surface area contributed by atoms with Crippen molar-refractivity contribution >= 4 is 5.91 Å². The smallest absolute Gasteiger partial charge is 0.220 e. The third kappa shape index (κ3) is 23.3. The first kappa shape index (κ1) is 50.3. The minimum atomic E-state index is -1.60. The van der Waals surface area contributed by atoms with Gasteiger partial charge in [0, 0.05) is 12.3 Å². The lowest BCUT2D eigenvalue weighted by Crippen LogP contribution is -2.60. The highest BCUT2D eigenvalue weighted by atomic mass is 16.7. The Morgan fingerprint density at radius 2 is 1.13 bits per heavy atom. The number of carbonyl (C=O) groups excluding carboxylic acids is 1. The number of hydrogen-bond donors (Lipinski definition) is 7. The van der Waals surface area contributed by atoms with Crippen molar-refractivity contribution in [3.63, 3.8) is 0 Å². The highest BCUT2D eigenvalue weighted by Gasteiger charge is 2.44. The summed E-state index contributed by atoms with van der Waals surface area (Å²) in [6.45, 7) is 3.30. The minimum Gasteiger partial charge on any atom is -0.394 e. The van der Waals surface area contributed by atoms with Crippen molar-refractivity contribution in [2.24, 2.45) is 5.92 Å². The summed E-state index contributed by atoms with van der Waals surface area (Å²) in [6.07, 6.45) is 23.8. The van der Waals surface area contributed by atoms with Gasteiger partial charge in [-0.25, -0.2) is 0 Å². The maximum absolute atomic E-state index is 13.0. The van der Waals surface area contributed by atoms with Crippen molar-refractivity contribution in [2.45, 2.75) is 242 Å². The van der Waals surface area contributed by atoms with Crippen LogP contribution in [0.2, 0.25) is 0 Å². The number of rotatable bonds is 37. The zero-order valence-electron chi connectivity index (χ0n) is 34.8. The van der Waals surface area contributed by atoms with Crippen molar-refractivity contribution in [1.82, 2.24) is 5.32 Å². The zero-order valence-corrected chi connectivity index (χ0v) is 34.8. The second kappa shape index (κ2) is 33.0. The number of aliphatic hydroxyl groups excluding tert-OH is 6. The number of carbonyl (C=O) groups is 1. The minimum absolute atomic E-state index is 0.257. The SMILES string of the molecule is CCCCCCCCCCCCCC[C@@H](O)[C@@H](O)[C@H](COC1OC(CO)C(O)C(O)C1O)NC(=O)CCCCCCCCCCCCCCCCC1COC1. The molecule has 2 rings (SSSR count). The Hall–Kier alpha value is -0.890. The molecule has 2 saturated heterocycles. The number of hydrogen-bond acceptors (Lipinski definition) is 10. The van der Waals surface area contributed by atoms with Crippen LogP contribution < -0.4 is 5.32 Å². The van der Waals surface area contributed by atoms with Gasteiger partial charge in [-0.3, -0.25) is 4.79 Å². The Balaban J connectivity index is 1.63. The van der Waals surface area contributed by atoms with Crippen LogP contribution in [0.15, 0.2) is 0 Å². The van der Waals surface area contributed by atoms with E-state index in [-0.39, 0.29) is 18.9 Å². The van der Waals surface area contributed by atoms with Crippen LogP contribution >= 0.6 is 0 Å². The Morgan fingerprint density at radius 1 is 0.655 bits per heavy atom. The fourth-order valence-electron chi connectivity index (χ4n) is 7.83. The fourth-order valence-corrected chi connectivity index (χ4v) is 7.83. The normalized spacial score (nSPS) is 23.4. The van der Waals surface area contributed by atoms with Gasteiger partial charge >= 0.3 is 0 Å². The molecule has 1 amide bonds. The van der Waals surface area contributed by atoms with Crippen LogP contribution in [-0.2, 0) is 19.0 Å². The van der Waals surface area contributed by atoms with Gasteiger partial charge < -0.3 is 50.2 Å². The molecule has 2 aliphatic heterocycles. The molecule has 0 radical (unpaired) electrons. The lowest BCUT2D eigenvalue weighted by molar-refractivity contribution is -0.303. The van der Waals surface area contributed by atoms with Gasteiger partial charge in [0.2, 0.25) is 5.91 Å². The van der Waals surface area contributed by atoms with Crippen LogP contribution in [-0.4, -0.2) is 112 Å². The predicted molar refractivity (Wildman–Crippen MR) is 218 cm³/mol. The third-order valence-electron chi connectivity index (χ3n) is 11.8. The Morgan fingerprint density at radius 3 is 1.60 bits per heavy atom. The molecule has 0 aliphatic carbocycles. The molecule has 11 heteroatoms. The summed E-state index contributed by atoms with van der Waals surface area (Å²) < 4.78 is 16.4. The van der Waals surface area contributed by atoms with Gasteiger partial charge in [0.05, 0.1) is 38.6 Å². The molecule has 0 aromatic heterocycles. The molecule has 0 saturated carbocycles. The first-order valence-corrected chi connectivity index (χ1v) is 22.9. The average Bonchev–Trinajstić information content (AvgIpc) is 3.16. The Bertz CT molecular complexity index is 893. The van der Waals surface area contributed by atoms with Crippen LogP contribution in [0.1, 0.15) is 193 Å². The van der Waals surface area contributed by atoms with E-state index in [4.69, 9.17) is 14.2 Å². The summed E-state index contributed by atoms with van der Waals surface area (Å²) in [5, 5.41) is 65.1. The summed E-state index contributed by atoms with van der Waals surface area (Å²) in [6, 6.07) is -0.986. The molecule has 0 aromatic rings. The predicted octanol–water partition coefficient (Wildman–Crippen LogP) is 6.99. The monoisotopic (exact) mass is 788 g/mol. The molecular formula is C44H85NO10. The molecule has 0 bridgehead atoms. The summed E-state index contributed by atoms with van der Waals surface area (Å²) in [7, 11) is 0. The molecule has 55 heavy (non-hydrogen) atoms. The molecule has 5 unspecified atom stereocenters. The molecular weight excluding hydrogens is 702 g/mol. The van der Waals surface area contributed by atoms with Crippen LogP contribution in [0.3, 0.4) is 0 Å². The molecule has 0 aromatic carbocycles. The van der Waals surface area contributed by atoms with Crippen molar-refractivity contribution in [3.8, 4) is 0 Å². The first-order chi connectivity index (χ1) is 26.8. The molecule has 2 fully saturated rings. The van der Waals surface area contributed by atoms with Crippen molar-refractivity contribution in [3.05, 3.63) is 0 Å². The van der Waals surface area contributed by atoms with E-state index in [2.05, 4.69) is 12.2 Å². The zero-order chi connectivity index (χ0) is 39.9. The highest BCUT2D eigenvalue weighted by Crippen LogP contribution is 2.23. The van der Waals surface area contributed by atoms with Gasteiger partial charge in [-0.15, -0.1) is 0 Å². The fraction of sp³-hybridized carbons (Fsp3) is 0.977. The topological polar surface area (TPSA) is 178 Å². The number of amides is 1. The Kier molecular flexibility index (Phi) is 30.2. The molecule has 0 spiro atoms. The molecule has 2 aliphatic rings. The van der Waals surface area contributed by atoms with Crippen LogP contribution in [0.4, 0.5) is 0 Å². The standard InChI is InChI=1S/C44H85NO10/c1-2-3-4-5-6-7-8-14-17-20-23-26-29-37(47)40(49)36(34-54-44-43(52)42(51)41(50)38(31-46)55-44)45-39(48)30-27-24-21-18-15-12-10-9-11-13-16-19-22-25-28-35-32-53-33-35/h35-38,40-44,46-47,49-52H,2-34H2,1H3,(H,45,48)/t36-,37+,38?,40-,41?,42?,43?,44?/m0/s1. The van der Waals surface area contributed by atoms with Gasteiger partial charge in [-0.1, -0.05) is 167 Å². The number of ether oxygens (including phenoxy) is 3. The van der Waals surface area contributed by atoms with Crippen LogP contribution in [0.5, 0.6) is 0 Å². The maximum Gasteiger partial charge on any atom is 0.220 e. The summed E-state index contributed by atoms with van der Waals surface area (Å²) in [5.41, 5.74) is 0. The van der Waals surface area contributed by atoms with Gasteiger partial charge in [-0.2, -0.15) is 0 Å². The second-order valence-electron chi connectivity index (χ2n) is 16.8. The van der Waals surface area contributed by atoms with E-state index in [0.717, 1.165) is 70.5 Å². The third-order valence-corrected chi connectivity index (χ3v) is 11.8. The Labute approximate surface area is 334 Å². The number of unbranched alkanes of at least 4 members (excludes halogenated alkanes) is 24. The van der Waals surface area contributed by atoms with Crippen LogP contribution in [0, 0.1) is 5.92 Å². The van der Waals surface area contributed by atoms with Crippen molar-refractivity contribution in [2.75, 3.05) is 26.4 Å². The van der Waals surface area contributed by atoms with E-state index < -0.39 is 55.6 Å². The van der Waals surface area contributed by atoms with Gasteiger partial charge in [0.1, 0.15) is 30.5 Å². The lowest BCUT2D eigenvalue weighted by Gasteiger charge is -2.40. The number of aliphatic hydroxyl groups is 6. The van der Waals surface area contributed by atoms with E-state index in [1.807, 2.05) is 0 Å². The lowest BCUT2D eigenvalue weighted by atomic mass is 9.98. The second-order valence-corrected chi connectivity index (χ2v) is 16.8. The molecule has 2 heterocycles. The van der Waals surface area contributed by atoms with E-state index >= 15 is 0 Å². The largest absolute Gasteiger partial charge is 0.394 e. The van der Waals surface area contributed by atoms with E-state index in [1.54, 1.807) is 0 Å². The van der Waals surface area contributed by atoms with E-state index in [0.29, 0.717) is 6.42 Å². The summed E-state index contributed by atoms with van der Waals surface area (Å²) >= 11 is 0. The molecule has 8 atom stereocenters. The molecule has 326 valence electrons. The van der Waals surface area contributed by atoms with Gasteiger partial charge in [-0.05, 0) is 19.3 Å². The first-order valence-electron chi connectivity index (χ1n) is 22.9. The van der Waals surface area contributed by atoms with Gasteiger partial charge in [0.15, 0.2) is 6.29 Å². The van der Waals surface area contributed by atoms with Gasteiger partial charge in [0.25, 0.3) is 0 Å². The summed E-state index contributed by atoms with van der Waals surface area (Å²) in [4.78, 5) is 13.0. The van der Waals surface area contributed by atoms with E-state index in [1.165, 1.54) is 122 Å². The molecule has 11 nitrogen and oxygen atoms in total. The van der Waals surface area contributed by atoms with Crippen LogP contribution in [0.25, 0.3) is 0 Å². The maximum atomic E-state index is 13.0.